The van der Waals surface area contributed by atoms with E-state index in [4.69, 9.17) is 0 Å². The summed E-state index contributed by atoms with van der Waals surface area (Å²) in [4.78, 5) is 23.2. The lowest BCUT2D eigenvalue weighted by molar-refractivity contribution is -0.141. The van der Waals surface area contributed by atoms with Crippen LogP contribution in [0.3, 0.4) is 0 Å². The van der Waals surface area contributed by atoms with E-state index < -0.39 is 23.2 Å². The Morgan fingerprint density at radius 1 is 1.08 bits per heavy atom. The molecule has 1 atom stereocenters. The molecule has 0 radical (unpaired) electrons. The predicted molar refractivity (Wildman–Crippen MR) is 127 cm³/mol. The highest BCUT2D eigenvalue weighted by Crippen LogP contribution is 2.32. The van der Waals surface area contributed by atoms with E-state index >= 15 is 0 Å². The number of alkyl halides is 3. The van der Waals surface area contributed by atoms with Gasteiger partial charge in [-0.3, -0.25) is 4.79 Å². The minimum absolute atomic E-state index is 0.0619. The fraction of sp³-hybridized carbons (Fsp3) is 0.400. The van der Waals surface area contributed by atoms with Crippen LogP contribution in [0.2, 0.25) is 0 Å². The Hall–Kier alpha value is -3.63. The molecule has 0 bridgehead atoms. The van der Waals surface area contributed by atoms with Crippen molar-refractivity contribution in [2.45, 2.75) is 46.3 Å². The van der Waals surface area contributed by atoms with Crippen molar-refractivity contribution < 1.29 is 22.4 Å². The molecule has 3 heterocycles. The van der Waals surface area contributed by atoms with Crippen molar-refractivity contribution in [1.82, 2.24) is 20.2 Å². The summed E-state index contributed by atoms with van der Waals surface area (Å²) in [5, 5.41) is 8.87. The van der Waals surface area contributed by atoms with Gasteiger partial charge in [-0.1, -0.05) is 12.1 Å². The van der Waals surface area contributed by atoms with Gasteiger partial charge in [0.2, 0.25) is 5.95 Å². The lowest BCUT2D eigenvalue weighted by Crippen LogP contribution is -2.53. The van der Waals surface area contributed by atoms with E-state index in [1.54, 1.807) is 17.0 Å². The molecule has 4 rings (SSSR count). The van der Waals surface area contributed by atoms with Crippen LogP contribution in [0.1, 0.15) is 52.3 Å². The number of hydrogen-bond donors (Lipinski definition) is 0. The van der Waals surface area contributed by atoms with E-state index in [1.165, 1.54) is 12.1 Å². The second-order valence-electron chi connectivity index (χ2n) is 9.00. The fourth-order valence-electron chi connectivity index (χ4n) is 4.34. The summed E-state index contributed by atoms with van der Waals surface area (Å²) >= 11 is 0. The number of ketones is 1. The van der Waals surface area contributed by atoms with Gasteiger partial charge in [0.15, 0.2) is 17.3 Å². The molecule has 0 amide bonds. The van der Waals surface area contributed by atoms with Crippen LogP contribution in [0.25, 0.3) is 0 Å². The van der Waals surface area contributed by atoms with Gasteiger partial charge in [0.25, 0.3) is 0 Å². The highest BCUT2D eigenvalue weighted by molar-refractivity contribution is 5.95. The van der Waals surface area contributed by atoms with E-state index in [0.29, 0.717) is 31.9 Å². The highest BCUT2D eigenvalue weighted by Gasteiger charge is 2.38. The molecular formula is C25H26F4N6O. The van der Waals surface area contributed by atoms with Crippen LogP contribution in [-0.2, 0) is 12.6 Å². The summed E-state index contributed by atoms with van der Waals surface area (Å²) in [6.45, 7) is 8.20. The molecule has 0 N–H and O–H groups in total. The zero-order valence-corrected chi connectivity index (χ0v) is 20.4. The molecule has 36 heavy (non-hydrogen) atoms. The average Bonchev–Trinajstić information content (AvgIpc) is 2.82. The summed E-state index contributed by atoms with van der Waals surface area (Å²) in [7, 11) is 0. The van der Waals surface area contributed by atoms with Crippen LogP contribution in [-0.4, -0.2) is 51.6 Å². The molecule has 1 aliphatic heterocycles. The number of halogens is 4. The number of rotatable bonds is 5. The third kappa shape index (κ3) is 5.14. The Morgan fingerprint density at radius 2 is 1.78 bits per heavy atom. The molecule has 3 aromatic rings. The van der Waals surface area contributed by atoms with E-state index in [0.717, 1.165) is 35.5 Å². The van der Waals surface area contributed by atoms with Crippen LogP contribution in [0.15, 0.2) is 30.5 Å². The van der Waals surface area contributed by atoms with Crippen LogP contribution in [0.5, 0.6) is 0 Å². The second-order valence-corrected chi connectivity index (χ2v) is 9.00. The number of hydrogen-bond acceptors (Lipinski definition) is 7. The van der Waals surface area contributed by atoms with Gasteiger partial charge in [0.1, 0.15) is 5.82 Å². The van der Waals surface area contributed by atoms with Crippen molar-refractivity contribution in [3.05, 3.63) is 69.9 Å². The van der Waals surface area contributed by atoms with Crippen LogP contribution < -0.4 is 9.80 Å². The Balaban J connectivity index is 1.53. The minimum Gasteiger partial charge on any atom is -0.351 e. The number of aromatic nitrogens is 4. The maximum absolute atomic E-state index is 13.5. The minimum atomic E-state index is -4.76. The van der Waals surface area contributed by atoms with Crippen molar-refractivity contribution in [1.29, 1.82) is 0 Å². The first-order valence-electron chi connectivity index (χ1n) is 11.5. The standard InChI is InChI=1S/C25H26F4N6O/c1-14-13-34(9-10-35(14)24-30-12-20(17(4)36)22(31-24)25(27,28)29)23-16(3)15(2)21(32-33-23)11-18-5-7-19(26)8-6-18/h5-8,12,14H,9-11,13H2,1-4H3/t14-/m1/s1. The number of carbonyl (C=O) groups is 1. The van der Waals surface area contributed by atoms with E-state index in [-0.39, 0.29) is 17.8 Å². The molecule has 190 valence electrons. The van der Waals surface area contributed by atoms with Gasteiger partial charge in [0.05, 0.1) is 11.3 Å². The van der Waals surface area contributed by atoms with Gasteiger partial charge in [0, 0.05) is 38.3 Å². The fourth-order valence-corrected chi connectivity index (χ4v) is 4.34. The average molecular weight is 503 g/mol. The zero-order valence-electron chi connectivity index (χ0n) is 20.4. The highest BCUT2D eigenvalue weighted by atomic mass is 19.4. The molecule has 1 saturated heterocycles. The first kappa shape index (κ1) is 25.5. The summed E-state index contributed by atoms with van der Waals surface area (Å²) in [5.74, 6) is -0.381. The second kappa shape index (κ2) is 9.79. The maximum Gasteiger partial charge on any atom is 0.434 e. The van der Waals surface area contributed by atoms with Gasteiger partial charge in [-0.25, -0.2) is 14.4 Å². The topological polar surface area (TPSA) is 75.1 Å². The normalized spacial score (nSPS) is 16.4. The Labute approximate surface area is 206 Å². The molecular weight excluding hydrogens is 476 g/mol. The summed E-state index contributed by atoms with van der Waals surface area (Å²) in [6.07, 6.45) is -3.28. The van der Waals surface area contributed by atoms with Crippen molar-refractivity contribution in [2.75, 3.05) is 29.4 Å². The molecule has 0 spiro atoms. The maximum atomic E-state index is 13.5. The molecule has 11 heteroatoms. The molecule has 0 aliphatic carbocycles. The van der Waals surface area contributed by atoms with E-state index in [2.05, 4.69) is 20.2 Å². The largest absolute Gasteiger partial charge is 0.434 e. The lowest BCUT2D eigenvalue weighted by Gasteiger charge is -2.41. The molecule has 7 nitrogen and oxygen atoms in total. The quantitative estimate of drug-likeness (QED) is 0.374. The number of carbonyl (C=O) groups excluding carboxylic acids is 1. The van der Waals surface area contributed by atoms with Crippen molar-refractivity contribution in [3.63, 3.8) is 0 Å². The van der Waals surface area contributed by atoms with Crippen LogP contribution in [0.4, 0.5) is 29.3 Å². The van der Waals surface area contributed by atoms with E-state index in [1.807, 2.05) is 25.7 Å². The number of benzene rings is 1. The predicted octanol–water partition coefficient (Wildman–Crippen LogP) is 4.55. The zero-order chi connectivity index (χ0) is 26.2. The van der Waals surface area contributed by atoms with E-state index in [9.17, 15) is 22.4 Å². The molecule has 0 saturated carbocycles. The Bertz CT molecular complexity index is 1280. The van der Waals surface area contributed by atoms with Crippen LogP contribution >= 0.6 is 0 Å². The first-order chi connectivity index (χ1) is 17.0. The first-order valence-corrected chi connectivity index (χ1v) is 11.5. The molecule has 2 aromatic heterocycles. The van der Waals surface area contributed by atoms with Crippen molar-refractivity contribution >= 4 is 17.5 Å². The third-order valence-corrected chi connectivity index (χ3v) is 6.49. The van der Waals surface area contributed by atoms with Gasteiger partial charge in [-0.05, 0) is 56.5 Å². The smallest absolute Gasteiger partial charge is 0.351 e. The number of Topliss-reactive ketones (excluding diaryl/α,β-unsaturated/α-hetero) is 1. The van der Waals surface area contributed by atoms with Gasteiger partial charge >= 0.3 is 6.18 Å². The third-order valence-electron chi connectivity index (χ3n) is 6.49. The Morgan fingerprint density at radius 3 is 2.39 bits per heavy atom. The Kier molecular flexibility index (Phi) is 6.92. The van der Waals surface area contributed by atoms with Gasteiger partial charge < -0.3 is 9.80 Å². The summed E-state index contributed by atoms with van der Waals surface area (Å²) in [5.41, 5.74) is 1.91. The van der Waals surface area contributed by atoms with Gasteiger partial charge in [-0.15, -0.1) is 5.10 Å². The SMILES string of the molecule is CC(=O)c1cnc(N2CCN(c3nnc(Cc4ccc(F)cc4)c(C)c3C)C[C@H]2C)nc1C(F)(F)F. The monoisotopic (exact) mass is 502 g/mol. The summed E-state index contributed by atoms with van der Waals surface area (Å²) in [6, 6.07) is 6.04. The lowest BCUT2D eigenvalue weighted by atomic mass is 10.0. The summed E-state index contributed by atoms with van der Waals surface area (Å²) < 4.78 is 53.7. The number of nitrogens with zero attached hydrogens (tertiary/aromatic N) is 6. The number of anilines is 2. The molecule has 1 fully saturated rings. The van der Waals surface area contributed by atoms with Crippen molar-refractivity contribution in [3.8, 4) is 0 Å². The van der Waals surface area contributed by atoms with Crippen LogP contribution in [0, 0.1) is 19.7 Å². The van der Waals surface area contributed by atoms with Gasteiger partial charge in [-0.2, -0.15) is 18.3 Å². The molecule has 1 aromatic carbocycles. The molecule has 0 unspecified atom stereocenters. The molecule has 1 aliphatic rings. The number of piperazine rings is 1. The van der Waals surface area contributed by atoms with Crippen molar-refractivity contribution in [2.24, 2.45) is 0 Å².